The number of benzene rings is 1. The van der Waals surface area contributed by atoms with E-state index < -0.39 is 40.5 Å². The van der Waals surface area contributed by atoms with Gasteiger partial charge in [0.05, 0.1) is 31.0 Å². The van der Waals surface area contributed by atoms with Gasteiger partial charge in [0.1, 0.15) is 6.04 Å². The Balaban J connectivity index is 1.76. The molecule has 9 nitrogen and oxygen atoms in total. The van der Waals surface area contributed by atoms with Crippen molar-refractivity contribution in [3.05, 3.63) is 46.3 Å². The van der Waals surface area contributed by atoms with Gasteiger partial charge in [-0.3, -0.25) is 5.41 Å². The Labute approximate surface area is 233 Å². The summed E-state index contributed by atoms with van der Waals surface area (Å²) in [6.07, 6.45) is -2.23. The molecule has 3 rings (SSSR count). The summed E-state index contributed by atoms with van der Waals surface area (Å²) in [7, 11) is 0. The number of hydrogen-bond acceptors (Lipinski definition) is 7. The van der Waals surface area contributed by atoms with E-state index in [2.05, 4.69) is 23.9 Å². The van der Waals surface area contributed by atoms with Crippen LogP contribution in [0.5, 0.6) is 0 Å². The van der Waals surface area contributed by atoms with Gasteiger partial charge < -0.3 is 23.7 Å². The van der Waals surface area contributed by atoms with Gasteiger partial charge in [-0.15, -0.1) is 0 Å². The van der Waals surface area contributed by atoms with Gasteiger partial charge in [0.15, 0.2) is 6.29 Å². The predicted molar refractivity (Wildman–Crippen MR) is 143 cm³/mol. The molecule has 0 aromatic heterocycles. The molecule has 0 aliphatic carbocycles. The highest BCUT2D eigenvalue weighted by Crippen LogP contribution is 2.39. The van der Waals surface area contributed by atoms with Crippen molar-refractivity contribution in [2.45, 2.75) is 94.5 Å². The predicted octanol–water partition coefficient (Wildman–Crippen LogP) is 6.79. The topological polar surface area (TPSA) is 119 Å². The summed E-state index contributed by atoms with van der Waals surface area (Å²) >= 11 is 17.3. The zero-order valence-corrected chi connectivity index (χ0v) is 23.9. The van der Waals surface area contributed by atoms with Gasteiger partial charge in [0, 0.05) is 16.7 Å². The number of ether oxygens (including phenoxy) is 5. The van der Waals surface area contributed by atoms with Crippen LogP contribution in [0.4, 0.5) is 0 Å². The fourth-order valence-corrected chi connectivity index (χ4v) is 5.03. The summed E-state index contributed by atoms with van der Waals surface area (Å²) in [6.45, 7) is 10.5. The Morgan fingerprint density at radius 1 is 1.03 bits per heavy atom. The Hall–Kier alpha value is -1.29. The first-order valence-electron chi connectivity index (χ1n) is 12.5. The van der Waals surface area contributed by atoms with Crippen LogP contribution in [0.2, 0.25) is 0 Å². The summed E-state index contributed by atoms with van der Waals surface area (Å²) in [6, 6.07) is 9.21. The first-order valence-corrected chi connectivity index (χ1v) is 13.6. The van der Waals surface area contributed by atoms with Crippen LogP contribution in [0, 0.1) is 23.2 Å². The highest BCUT2D eigenvalue weighted by atomic mass is 35.6. The third kappa shape index (κ3) is 7.43. The largest absolute Gasteiger partial charge is 0.448 e. The van der Waals surface area contributed by atoms with Crippen molar-refractivity contribution < 1.29 is 23.7 Å². The van der Waals surface area contributed by atoms with E-state index in [9.17, 15) is 5.53 Å². The van der Waals surface area contributed by atoms with Gasteiger partial charge in [-0.2, -0.15) is 0 Å². The maximum atomic E-state index is 9.21. The van der Waals surface area contributed by atoms with E-state index in [0.717, 1.165) is 5.56 Å². The minimum Gasteiger partial charge on any atom is -0.448 e. The standard InChI is InChI=1S/C25H35Cl3N4O5/c1-6-18-21(14(3)19(31-32-30)23(35-18)37-24(29)25(26,27)28)36-22-15(4)20(13(2)16(5)34-22)33-12-17-10-8-7-9-11-17/h7-11,13-16,18-23,29H,6,12H2,1-5H3/t13-,14-,15?,16?,18?,19?,20-,21-,22+,23?/m1/s1. The molecule has 206 valence electrons. The Bertz CT molecular complexity index is 946. The monoisotopic (exact) mass is 576 g/mol. The van der Waals surface area contributed by atoms with Crippen molar-refractivity contribution in [2.24, 2.45) is 22.9 Å². The number of azide groups is 1. The van der Waals surface area contributed by atoms with Crippen LogP contribution in [0.15, 0.2) is 35.4 Å². The summed E-state index contributed by atoms with van der Waals surface area (Å²) in [5.41, 5.74) is 10.3. The van der Waals surface area contributed by atoms with Crippen molar-refractivity contribution >= 4 is 40.7 Å². The lowest BCUT2D eigenvalue weighted by molar-refractivity contribution is -0.316. The van der Waals surface area contributed by atoms with Crippen LogP contribution >= 0.6 is 34.8 Å². The minimum absolute atomic E-state index is 0.0796. The second kappa shape index (κ2) is 13.2. The van der Waals surface area contributed by atoms with E-state index in [1.54, 1.807) is 0 Å². The molecule has 10 atom stereocenters. The molecule has 2 fully saturated rings. The van der Waals surface area contributed by atoms with Gasteiger partial charge in [-0.05, 0) is 30.4 Å². The third-order valence-electron chi connectivity index (χ3n) is 7.22. The van der Waals surface area contributed by atoms with Crippen molar-refractivity contribution in [1.29, 1.82) is 5.41 Å². The quantitative estimate of drug-likeness (QED) is 0.0911. The van der Waals surface area contributed by atoms with E-state index in [4.69, 9.17) is 63.9 Å². The molecule has 0 bridgehead atoms. The van der Waals surface area contributed by atoms with Crippen LogP contribution in [0.1, 0.15) is 46.6 Å². The molecule has 2 saturated heterocycles. The third-order valence-corrected chi connectivity index (χ3v) is 7.74. The highest BCUT2D eigenvalue weighted by molar-refractivity contribution is 6.76. The Morgan fingerprint density at radius 3 is 2.30 bits per heavy atom. The molecule has 1 N–H and O–H groups in total. The zero-order chi connectivity index (χ0) is 27.3. The lowest BCUT2D eigenvalue weighted by Gasteiger charge is -2.48. The number of halogens is 3. The Kier molecular flexibility index (Phi) is 10.8. The number of hydrogen-bond donors (Lipinski definition) is 1. The molecular formula is C25H35Cl3N4O5. The lowest BCUT2D eigenvalue weighted by atomic mass is 9.85. The van der Waals surface area contributed by atoms with Crippen molar-refractivity contribution in [3.63, 3.8) is 0 Å². The van der Waals surface area contributed by atoms with Crippen molar-refractivity contribution in [3.8, 4) is 0 Å². The molecule has 1 aromatic rings. The average molecular weight is 578 g/mol. The maximum Gasteiger partial charge on any atom is 0.265 e. The molecular weight excluding hydrogens is 543 g/mol. The molecule has 2 heterocycles. The summed E-state index contributed by atoms with van der Waals surface area (Å²) < 4.78 is 28.7. The van der Waals surface area contributed by atoms with Crippen LogP contribution in [0.25, 0.3) is 10.4 Å². The number of rotatable bonds is 8. The number of nitrogens with one attached hydrogen (secondary N) is 1. The smallest absolute Gasteiger partial charge is 0.265 e. The zero-order valence-electron chi connectivity index (χ0n) is 21.6. The SMILES string of the molecule is CCC1OC(OC(=N)C(Cl)(Cl)Cl)C(N=[N+]=[N-])[C@@H](C)[C@H]1O[C@@H]1OC(C)[C@@H](C)[C@@H](OCc2ccccc2)C1C. The van der Waals surface area contributed by atoms with Crippen LogP contribution in [-0.2, 0) is 30.3 Å². The fraction of sp³-hybridized carbons (Fsp3) is 0.720. The maximum absolute atomic E-state index is 9.21. The first-order chi connectivity index (χ1) is 17.5. The van der Waals surface area contributed by atoms with Crippen LogP contribution in [-0.4, -0.2) is 52.7 Å². The van der Waals surface area contributed by atoms with Gasteiger partial charge >= 0.3 is 0 Å². The van der Waals surface area contributed by atoms with Gasteiger partial charge in [-0.25, -0.2) is 0 Å². The first kappa shape index (κ1) is 30.3. The fourth-order valence-electron chi connectivity index (χ4n) is 4.89. The van der Waals surface area contributed by atoms with E-state index in [1.165, 1.54) is 0 Å². The molecule has 0 spiro atoms. The molecule has 0 radical (unpaired) electrons. The van der Waals surface area contributed by atoms with E-state index in [-0.39, 0.29) is 30.0 Å². The second-order valence-electron chi connectivity index (χ2n) is 9.74. The second-order valence-corrected chi connectivity index (χ2v) is 12.0. The lowest BCUT2D eigenvalue weighted by Crippen LogP contribution is -2.58. The number of nitrogens with zero attached hydrogens (tertiary/aromatic N) is 3. The molecule has 12 heteroatoms. The number of alkyl halides is 3. The van der Waals surface area contributed by atoms with Crippen LogP contribution < -0.4 is 0 Å². The van der Waals surface area contributed by atoms with E-state index in [1.807, 2.05) is 51.1 Å². The van der Waals surface area contributed by atoms with E-state index in [0.29, 0.717) is 13.0 Å². The van der Waals surface area contributed by atoms with Gasteiger partial charge in [-0.1, -0.05) is 97.9 Å². The Morgan fingerprint density at radius 2 is 1.70 bits per heavy atom. The molecule has 2 aliphatic heterocycles. The van der Waals surface area contributed by atoms with Gasteiger partial charge in [0.25, 0.3) is 3.79 Å². The summed E-state index contributed by atoms with van der Waals surface area (Å²) in [5, 5.41) is 11.8. The highest BCUT2D eigenvalue weighted by Gasteiger charge is 2.49. The molecule has 2 aliphatic rings. The van der Waals surface area contributed by atoms with Crippen molar-refractivity contribution in [1.82, 2.24) is 0 Å². The molecule has 37 heavy (non-hydrogen) atoms. The van der Waals surface area contributed by atoms with E-state index >= 15 is 0 Å². The summed E-state index contributed by atoms with van der Waals surface area (Å²) in [4.78, 5) is 2.95. The summed E-state index contributed by atoms with van der Waals surface area (Å²) in [5.74, 6) is -0.893. The minimum atomic E-state index is -2.07. The average Bonchev–Trinajstić information content (AvgIpc) is 2.86. The molecule has 0 amide bonds. The normalized spacial score (nSPS) is 36.4. The van der Waals surface area contributed by atoms with Gasteiger partial charge in [0.2, 0.25) is 12.2 Å². The van der Waals surface area contributed by atoms with Crippen molar-refractivity contribution in [2.75, 3.05) is 0 Å². The molecule has 0 saturated carbocycles. The molecule has 5 unspecified atom stereocenters. The van der Waals surface area contributed by atoms with Crippen LogP contribution in [0.3, 0.4) is 0 Å². The molecule has 1 aromatic carbocycles.